The van der Waals surface area contributed by atoms with Crippen molar-refractivity contribution in [2.45, 2.75) is 12.5 Å². The Kier molecular flexibility index (Phi) is 6.36. The number of tetrazole rings is 1. The molecule has 1 atom stereocenters. The summed E-state index contributed by atoms with van der Waals surface area (Å²) in [7, 11) is -1.66. The molecule has 2 aromatic heterocycles. The van der Waals surface area contributed by atoms with Crippen molar-refractivity contribution >= 4 is 33.5 Å². The van der Waals surface area contributed by atoms with Crippen LogP contribution in [0.25, 0.3) is 23.2 Å². The van der Waals surface area contributed by atoms with Gasteiger partial charge in [0.1, 0.15) is 5.76 Å². The van der Waals surface area contributed by atoms with Crippen LogP contribution >= 0.6 is 0 Å². The van der Waals surface area contributed by atoms with Crippen LogP contribution in [0.4, 0.5) is 0 Å². The predicted octanol–water partition coefficient (Wildman–Crippen LogP) is 1.12. The summed E-state index contributed by atoms with van der Waals surface area (Å²) in [6.45, 7) is -0.565. The van der Waals surface area contributed by atoms with Crippen molar-refractivity contribution < 1.29 is 27.2 Å². The Labute approximate surface area is 189 Å². The minimum atomic E-state index is -3.16. The monoisotopic (exact) mass is 471 g/mol. The van der Waals surface area contributed by atoms with Gasteiger partial charge in [0.2, 0.25) is 0 Å². The molecule has 0 spiro atoms. The lowest BCUT2D eigenvalue weighted by molar-refractivity contribution is -0.147. The van der Waals surface area contributed by atoms with Gasteiger partial charge in [-0.2, -0.15) is 4.68 Å². The summed E-state index contributed by atoms with van der Waals surface area (Å²) in [5.41, 5.74) is 0.603. The second-order valence-electron chi connectivity index (χ2n) is 7.46. The predicted molar refractivity (Wildman–Crippen MR) is 117 cm³/mol. The van der Waals surface area contributed by atoms with E-state index in [2.05, 4.69) is 15.5 Å². The third-order valence-corrected chi connectivity index (χ3v) is 6.99. The number of hydrogen-bond donors (Lipinski definition) is 0. The van der Waals surface area contributed by atoms with E-state index in [4.69, 9.17) is 9.15 Å². The highest BCUT2D eigenvalue weighted by molar-refractivity contribution is 7.91. The second kappa shape index (κ2) is 9.36. The van der Waals surface area contributed by atoms with E-state index in [9.17, 15) is 18.0 Å². The Morgan fingerprint density at radius 3 is 2.70 bits per heavy atom. The first-order chi connectivity index (χ1) is 15.8. The molecule has 4 rings (SSSR count). The fourth-order valence-corrected chi connectivity index (χ4v) is 5.19. The molecule has 3 aromatic rings. The van der Waals surface area contributed by atoms with E-state index in [1.807, 2.05) is 6.07 Å². The van der Waals surface area contributed by atoms with Crippen LogP contribution < -0.4 is 0 Å². The molecule has 1 fully saturated rings. The topological polar surface area (TPSA) is 137 Å². The Morgan fingerprint density at radius 1 is 1.24 bits per heavy atom. The molecular formula is C21H21N5O6S. The molecule has 0 radical (unpaired) electrons. The summed E-state index contributed by atoms with van der Waals surface area (Å²) < 4.78 is 35.2. The van der Waals surface area contributed by atoms with Crippen molar-refractivity contribution in [2.24, 2.45) is 0 Å². The number of aromatic nitrogens is 4. The van der Waals surface area contributed by atoms with E-state index in [0.717, 1.165) is 0 Å². The third-order valence-electron chi connectivity index (χ3n) is 5.24. The van der Waals surface area contributed by atoms with E-state index in [1.165, 1.54) is 29.0 Å². The van der Waals surface area contributed by atoms with Crippen LogP contribution in [0.2, 0.25) is 0 Å². The third kappa shape index (κ3) is 5.17. The van der Waals surface area contributed by atoms with Crippen molar-refractivity contribution in [1.29, 1.82) is 0 Å². The molecule has 33 heavy (non-hydrogen) atoms. The Bertz CT molecular complexity index is 1270. The molecule has 0 saturated carbocycles. The van der Waals surface area contributed by atoms with Gasteiger partial charge in [-0.3, -0.25) is 4.79 Å². The molecule has 0 aliphatic carbocycles. The number of carbonyl (C=O) groups excluding carboxylic acids is 2. The number of amides is 1. The zero-order valence-corrected chi connectivity index (χ0v) is 18.5. The minimum Gasteiger partial charge on any atom is -0.465 e. The Hall–Kier alpha value is -3.80. The number of sulfone groups is 1. The molecule has 3 heterocycles. The highest BCUT2D eigenvalue weighted by atomic mass is 32.2. The van der Waals surface area contributed by atoms with Gasteiger partial charge in [0, 0.05) is 24.7 Å². The lowest BCUT2D eigenvalue weighted by Crippen LogP contribution is -2.40. The number of hydrogen-bond acceptors (Lipinski definition) is 9. The highest BCUT2D eigenvalue weighted by Gasteiger charge is 2.33. The van der Waals surface area contributed by atoms with E-state index in [-0.39, 0.29) is 17.2 Å². The molecule has 12 heteroatoms. The van der Waals surface area contributed by atoms with Crippen molar-refractivity contribution in [3.63, 3.8) is 0 Å². The van der Waals surface area contributed by atoms with Crippen LogP contribution in [-0.2, 0) is 24.2 Å². The SMILES string of the molecule is CN(C(=O)COC(=O)/C(=C/c1ccco1)n1nnnc1-c1ccccc1)C1CCS(=O)(=O)C1. The quantitative estimate of drug-likeness (QED) is 0.366. The van der Waals surface area contributed by atoms with Gasteiger partial charge in [-0.05, 0) is 29.0 Å². The van der Waals surface area contributed by atoms with Crippen molar-refractivity contribution in [1.82, 2.24) is 25.1 Å². The molecule has 1 aliphatic heterocycles. The van der Waals surface area contributed by atoms with Crippen LogP contribution in [0.15, 0.2) is 53.1 Å². The maximum atomic E-state index is 13.0. The molecule has 1 saturated heterocycles. The van der Waals surface area contributed by atoms with Gasteiger partial charge in [-0.25, -0.2) is 13.2 Å². The second-order valence-corrected chi connectivity index (χ2v) is 9.69. The molecule has 1 aliphatic rings. The minimum absolute atomic E-state index is 0.0344. The van der Waals surface area contributed by atoms with Gasteiger partial charge >= 0.3 is 5.97 Å². The summed E-state index contributed by atoms with van der Waals surface area (Å²) in [5, 5.41) is 11.6. The molecule has 1 amide bonds. The molecule has 172 valence electrons. The fourth-order valence-electron chi connectivity index (χ4n) is 3.42. The molecule has 1 aromatic carbocycles. The molecule has 0 N–H and O–H groups in total. The van der Waals surface area contributed by atoms with Gasteiger partial charge in [-0.1, -0.05) is 30.3 Å². The standard InChI is InChI=1S/C21H21N5O6S/c1-25(16-9-11-33(29,30)14-16)19(27)13-32-21(28)18(12-17-8-5-10-31-17)26-20(22-23-24-26)15-6-3-2-4-7-15/h2-8,10,12,16H,9,11,13-14H2,1H3/b18-12-. The van der Waals surface area contributed by atoms with Crippen LogP contribution in [-0.4, -0.2) is 76.6 Å². The number of likely N-dealkylation sites (N-methyl/N-ethyl adjacent to an activating group) is 1. The van der Waals surface area contributed by atoms with Gasteiger partial charge < -0.3 is 14.1 Å². The molecule has 0 bridgehead atoms. The normalized spacial score (nSPS) is 17.6. The van der Waals surface area contributed by atoms with Crippen molar-refractivity contribution in [2.75, 3.05) is 25.2 Å². The summed E-state index contributed by atoms with van der Waals surface area (Å²) >= 11 is 0. The first kappa shape index (κ1) is 22.4. The number of rotatable bonds is 7. The number of esters is 1. The van der Waals surface area contributed by atoms with E-state index in [1.54, 1.807) is 36.4 Å². The maximum Gasteiger partial charge on any atom is 0.357 e. The van der Waals surface area contributed by atoms with Crippen molar-refractivity contribution in [3.8, 4) is 11.4 Å². The Morgan fingerprint density at radius 2 is 2.03 bits per heavy atom. The van der Waals surface area contributed by atoms with Crippen LogP contribution in [0.5, 0.6) is 0 Å². The van der Waals surface area contributed by atoms with Crippen molar-refractivity contribution in [3.05, 3.63) is 54.5 Å². The van der Waals surface area contributed by atoms with E-state index in [0.29, 0.717) is 23.6 Å². The van der Waals surface area contributed by atoms with E-state index < -0.39 is 34.4 Å². The number of nitrogens with zero attached hydrogens (tertiary/aromatic N) is 5. The number of carbonyl (C=O) groups is 2. The summed E-state index contributed by atoms with van der Waals surface area (Å²) in [4.78, 5) is 26.8. The average Bonchev–Trinajstić information content (AvgIpc) is 3.56. The first-order valence-corrected chi connectivity index (χ1v) is 11.9. The van der Waals surface area contributed by atoms with Crippen LogP contribution in [0, 0.1) is 0 Å². The smallest absolute Gasteiger partial charge is 0.357 e. The lowest BCUT2D eigenvalue weighted by Gasteiger charge is -2.23. The fraction of sp³-hybridized carbons (Fsp3) is 0.286. The number of ether oxygens (including phenoxy) is 1. The summed E-state index contributed by atoms with van der Waals surface area (Å²) in [5.74, 6) is -0.773. The highest BCUT2D eigenvalue weighted by Crippen LogP contribution is 2.22. The molecule has 11 nitrogen and oxygen atoms in total. The molecular weight excluding hydrogens is 450 g/mol. The van der Waals surface area contributed by atoms with E-state index >= 15 is 0 Å². The van der Waals surface area contributed by atoms with Gasteiger partial charge in [0.15, 0.2) is 28.0 Å². The Balaban J connectivity index is 1.54. The van der Waals surface area contributed by atoms with Gasteiger partial charge in [0.25, 0.3) is 5.91 Å². The van der Waals surface area contributed by atoms with Gasteiger partial charge in [0.05, 0.1) is 17.8 Å². The first-order valence-electron chi connectivity index (χ1n) is 10.1. The summed E-state index contributed by atoms with van der Waals surface area (Å²) in [6.07, 6.45) is 3.21. The average molecular weight is 471 g/mol. The van der Waals surface area contributed by atoms with Gasteiger partial charge in [-0.15, -0.1) is 5.10 Å². The van der Waals surface area contributed by atoms with Crippen LogP contribution in [0.3, 0.4) is 0 Å². The summed E-state index contributed by atoms with van der Waals surface area (Å²) in [6, 6.07) is 11.9. The lowest BCUT2D eigenvalue weighted by atomic mass is 10.2. The zero-order chi connectivity index (χ0) is 23.4. The van der Waals surface area contributed by atoms with Crippen LogP contribution in [0.1, 0.15) is 12.2 Å². The maximum absolute atomic E-state index is 13.0. The number of benzene rings is 1. The zero-order valence-electron chi connectivity index (χ0n) is 17.7. The molecule has 1 unspecified atom stereocenters. The number of furan rings is 1. The largest absolute Gasteiger partial charge is 0.465 e.